The number of benzene rings is 2. The van der Waals surface area contributed by atoms with E-state index in [1.54, 1.807) is 12.1 Å². The van der Waals surface area contributed by atoms with Gasteiger partial charge in [0, 0.05) is 37.6 Å². The number of nitrogens with zero attached hydrogens (tertiary/aromatic N) is 3. The molecule has 1 saturated carbocycles. The quantitative estimate of drug-likeness (QED) is 0.499. The molecule has 0 spiro atoms. The van der Waals surface area contributed by atoms with Gasteiger partial charge in [-0.1, -0.05) is 30.3 Å². The molecule has 35 heavy (non-hydrogen) atoms. The molecule has 3 aromatic rings. The highest BCUT2D eigenvalue weighted by atomic mass is 16.5. The largest absolute Gasteiger partial charge is 0.453 e. The van der Waals surface area contributed by atoms with E-state index >= 15 is 0 Å². The van der Waals surface area contributed by atoms with Gasteiger partial charge in [0.05, 0.1) is 17.5 Å². The van der Waals surface area contributed by atoms with Crippen LogP contribution in [0.25, 0.3) is 10.9 Å². The molecule has 1 aliphatic carbocycles. The fourth-order valence-corrected chi connectivity index (χ4v) is 5.03. The molecule has 1 amide bonds. The zero-order valence-electron chi connectivity index (χ0n) is 20.2. The predicted molar refractivity (Wildman–Crippen MR) is 135 cm³/mol. The van der Waals surface area contributed by atoms with Crippen molar-refractivity contribution in [3.8, 4) is 0 Å². The van der Waals surface area contributed by atoms with E-state index in [1.807, 2.05) is 55.4 Å². The van der Waals surface area contributed by atoms with E-state index in [2.05, 4.69) is 10.6 Å². The second kappa shape index (κ2) is 9.90. The summed E-state index contributed by atoms with van der Waals surface area (Å²) >= 11 is 0. The number of nitrogens with one attached hydrogen (secondary N) is 2. The number of hydrogen-bond donors (Lipinski definition) is 2. The lowest BCUT2D eigenvalue weighted by atomic mass is 9.86. The van der Waals surface area contributed by atoms with Crippen LogP contribution in [-0.2, 0) is 9.53 Å². The molecule has 8 heteroatoms. The van der Waals surface area contributed by atoms with Crippen LogP contribution in [0.3, 0.4) is 0 Å². The predicted octanol–water partition coefficient (Wildman–Crippen LogP) is 4.08. The number of para-hydroxylation sites is 1. The van der Waals surface area contributed by atoms with Crippen LogP contribution in [0.2, 0.25) is 0 Å². The number of ether oxygens (including phenoxy) is 1. The second-order valence-electron chi connectivity index (χ2n) is 9.63. The van der Waals surface area contributed by atoms with Crippen LogP contribution in [0.5, 0.6) is 0 Å². The first-order valence-electron chi connectivity index (χ1n) is 12.2. The first-order chi connectivity index (χ1) is 17.0. The van der Waals surface area contributed by atoms with E-state index in [0.717, 1.165) is 48.0 Å². The molecule has 5 rings (SSSR count). The first kappa shape index (κ1) is 23.1. The van der Waals surface area contributed by atoms with Crippen molar-refractivity contribution < 1.29 is 14.3 Å². The van der Waals surface area contributed by atoms with Gasteiger partial charge in [-0.05, 0) is 49.8 Å². The van der Waals surface area contributed by atoms with Crippen LogP contribution >= 0.6 is 0 Å². The highest BCUT2D eigenvalue weighted by Crippen LogP contribution is 2.33. The number of cyclic esters (lactones) is 1. The minimum atomic E-state index is -0.493. The lowest BCUT2D eigenvalue weighted by molar-refractivity contribution is -0.123. The number of rotatable bonds is 7. The van der Waals surface area contributed by atoms with E-state index in [4.69, 9.17) is 14.7 Å². The summed E-state index contributed by atoms with van der Waals surface area (Å²) in [5.41, 5.74) is 2.29. The number of carbonyl (C=O) groups excluding carboxylic acids is 2. The highest BCUT2D eigenvalue weighted by molar-refractivity contribution is 5.94. The Morgan fingerprint density at radius 3 is 2.57 bits per heavy atom. The molecule has 0 saturated heterocycles. The van der Waals surface area contributed by atoms with Gasteiger partial charge in [0.2, 0.25) is 11.9 Å². The topological polar surface area (TPSA) is 96.5 Å². The maximum absolute atomic E-state index is 12.5. The highest BCUT2D eigenvalue weighted by Gasteiger charge is 2.32. The summed E-state index contributed by atoms with van der Waals surface area (Å²) < 4.78 is 5.39. The van der Waals surface area contributed by atoms with Gasteiger partial charge in [-0.15, -0.1) is 0 Å². The standard InChI is InChI=1S/C27H31N5O3/c1-32(2)25-21-9-5-6-10-22(21)30-27(31-25)29-18-13-11-17(12-14-18)16-28-24(33)15-23-19-7-3-4-8-20(19)26(34)35-23/h3-10,17-18,23H,11-16H2,1-2H3,(H,28,33)(H,29,30,31). The fraction of sp³-hybridized carbons (Fsp3) is 0.407. The molecule has 0 bridgehead atoms. The molecule has 1 aromatic heterocycles. The maximum atomic E-state index is 12.5. The van der Waals surface area contributed by atoms with Crippen molar-refractivity contribution in [2.45, 2.75) is 44.2 Å². The van der Waals surface area contributed by atoms with Gasteiger partial charge >= 0.3 is 5.97 Å². The molecule has 2 heterocycles. The van der Waals surface area contributed by atoms with E-state index in [9.17, 15) is 9.59 Å². The Hall–Kier alpha value is -3.68. The summed E-state index contributed by atoms with van der Waals surface area (Å²) in [5.74, 6) is 1.57. The molecule has 182 valence electrons. The molecular formula is C27H31N5O3. The third-order valence-electron chi connectivity index (χ3n) is 6.92. The van der Waals surface area contributed by atoms with E-state index in [-0.39, 0.29) is 18.3 Å². The third kappa shape index (κ3) is 5.06. The first-order valence-corrected chi connectivity index (χ1v) is 12.2. The molecular weight excluding hydrogens is 442 g/mol. The zero-order chi connectivity index (χ0) is 24.4. The Morgan fingerprint density at radius 1 is 1.03 bits per heavy atom. The van der Waals surface area contributed by atoms with Crippen molar-refractivity contribution >= 4 is 34.5 Å². The van der Waals surface area contributed by atoms with Crippen LogP contribution in [0.1, 0.15) is 54.1 Å². The summed E-state index contributed by atoms with van der Waals surface area (Å²) in [6.07, 6.45) is 3.71. The molecule has 2 aromatic carbocycles. The summed E-state index contributed by atoms with van der Waals surface area (Å²) in [7, 11) is 3.99. The third-order valence-corrected chi connectivity index (χ3v) is 6.92. The molecule has 8 nitrogen and oxygen atoms in total. The van der Waals surface area contributed by atoms with Crippen LogP contribution < -0.4 is 15.5 Å². The normalized spacial score (nSPS) is 21.3. The maximum Gasteiger partial charge on any atom is 0.339 e. The number of esters is 1. The van der Waals surface area contributed by atoms with E-state index < -0.39 is 6.10 Å². The monoisotopic (exact) mass is 473 g/mol. The van der Waals surface area contributed by atoms with Gasteiger partial charge in [-0.3, -0.25) is 4.79 Å². The Labute approximate surface area is 205 Å². The minimum absolute atomic E-state index is 0.0828. The van der Waals surface area contributed by atoms with Gasteiger partial charge in [-0.25, -0.2) is 9.78 Å². The molecule has 1 unspecified atom stereocenters. The van der Waals surface area contributed by atoms with Gasteiger partial charge in [0.1, 0.15) is 11.9 Å². The molecule has 1 fully saturated rings. The van der Waals surface area contributed by atoms with Crippen LogP contribution in [0, 0.1) is 5.92 Å². The summed E-state index contributed by atoms with van der Waals surface area (Å²) in [4.78, 5) is 36.0. The van der Waals surface area contributed by atoms with Gasteiger partial charge in [0.15, 0.2) is 0 Å². The number of anilines is 2. The van der Waals surface area contributed by atoms with Crippen molar-refractivity contribution in [2.75, 3.05) is 30.9 Å². The fourth-order valence-electron chi connectivity index (χ4n) is 5.03. The average molecular weight is 474 g/mol. The Kier molecular flexibility index (Phi) is 6.53. The number of carbonyl (C=O) groups is 2. The number of fused-ring (bicyclic) bond motifs is 2. The van der Waals surface area contributed by atoms with Crippen molar-refractivity contribution in [3.05, 3.63) is 59.7 Å². The number of aromatic nitrogens is 2. The van der Waals surface area contributed by atoms with Crippen molar-refractivity contribution in [2.24, 2.45) is 5.92 Å². The Morgan fingerprint density at radius 2 is 1.77 bits per heavy atom. The molecule has 0 radical (unpaired) electrons. The van der Waals surface area contributed by atoms with Crippen LogP contribution in [0.4, 0.5) is 11.8 Å². The minimum Gasteiger partial charge on any atom is -0.453 e. The molecule has 1 aliphatic heterocycles. The van der Waals surface area contributed by atoms with E-state index in [0.29, 0.717) is 30.0 Å². The second-order valence-corrected chi connectivity index (χ2v) is 9.63. The van der Waals surface area contributed by atoms with E-state index in [1.165, 1.54) is 0 Å². The lowest BCUT2D eigenvalue weighted by Crippen LogP contribution is -2.34. The van der Waals surface area contributed by atoms with Crippen molar-refractivity contribution in [1.82, 2.24) is 15.3 Å². The van der Waals surface area contributed by atoms with Gasteiger partial charge < -0.3 is 20.3 Å². The summed E-state index contributed by atoms with van der Waals surface area (Å²) in [6.45, 7) is 0.644. The molecule has 1 atom stereocenters. The molecule has 2 aliphatic rings. The summed E-state index contributed by atoms with van der Waals surface area (Å²) in [6, 6.07) is 15.6. The van der Waals surface area contributed by atoms with Crippen molar-refractivity contribution in [1.29, 1.82) is 0 Å². The van der Waals surface area contributed by atoms with Crippen molar-refractivity contribution in [3.63, 3.8) is 0 Å². The molecule has 2 N–H and O–H groups in total. The van der Waals surface area contributed by atoms with Crippen LogP contribution in [0.15, 0.2) is 48.5 Å². The number of hydrogen-bond acceptors (Lipinski definition) is 7. The lowest BCUT2D eigenvalue weighted by Gasteiger charge is -2.29. The Balaban J connectivity index is 1.11. The van der Waals surface area contributed by atoms with Gasteiger partial charge in [0.25, 0.3) is 0 Å². The summed E-state index contributed by atoms with van der Waals surface area (Å²) in [5, 5.41) is 7.62. The number of amides is 1. The van der Waals surface area contributed by atoms with Gasteiger partial charge in [-0.2, -0.15) is 4.98 Å². The zero-order valence-corrected chi connectivity index (χ0v) is 20.2. The SMILES string of the molecule is CN(C)c1nc(NC2CCC(CNC(=O)CC3OC(=O)c4ccccc43)CC2)nc2ccccc12. The Bertz CT molecular complexity index is 1240. The average Bonchev–Trinajstić information content (AvgIpc) is 3.18. The van der Waals surface area contributed by atoms with Crippen LogP contribution in [-0.4, -0.2) is 48.5 Å². The smallest absolute Gasteiger partial charge is 0.339 e.